The minimum absolute atomic E-state index is 0.0344. The second-order valence-corrected chi connectivity index (χ2v) is 5.10. The van der Waals surface area contributed by atoms with E-state index in [-0.39, 0.29) is 12.7 Å². The first kappa shape index (κ1) is 17.0. The van der Waals surface area contributed by atoms with Crippen LogP contribution in [0.5, 0.6) is 5.75 Å². The maximum Gasteiger partial charge on any atom is 0.254 e. The summed E-state index contributed by atoms with van der Waals surface area (Å²) in [4.78, 5) is 14.6. The van der Waals surface area contributed by atoms with Gasteiger partial charge in [-0.1, -0.05) is 30.3 Å². The Morgan fingerprint density at radius 3 is 2.35 bits per heavy atom. The van der Waals surface area contributed by atoms with E-state index in [9.17, 15) is 4.79 Å². The minimum Gasteiger partial charge on any atom is -0.468 e. The molecule has 0 bridgehead atoms. The van der Waals surface area contributed by atoms with Crippen LogP contribution in [0.3, 0.4) is 0 Å². The van der Waals surface area contributed by atoms with Crippen molar-refractivity contribution in [3.63, 3.8) is 0 Å². The lowest BCUT2D eigenvalue weighted by molar-refractivity contribution is 0.0511. The molecular weight excluding hydrogens is 290 g/mol. The van der Waals surface area contributed by atoms with Crippen LogP contribution < -0.4 is 4.74 Å². The summed E-state index contributed by atoms with van der Waals surface area (Å²) >= 11 is 0. The number of methoxy groups -OCH3 is 1. The molecule has 2 aromatic rings. The Hall–Kier alpha value is -2.33. The first-order valence-electron chi connectivity index (χ1n) is 7.81. The van der Waals surface area contributed by atoms with E-state index < -0.39 is 0 Å². The van der Waals surface area contributed by atoms with Crippen LogP contribution >= 0.6 is 0 Å². The van der Waals surface area contributed by atoms with Crippen LogP contribution in [0.4, 0.5) is 0 Å². The number of rotatable bonds is 7. The maximum absolute atomic E-state index is 12.8. The summed E-state index contributed by atoms with van der Waals surface area (Å²) in [6.07, 6.45) is 0. The Bertz CT molecular complexity index is 636. The summed E-state index contributed by atoms with van der Waals surface area (Å²) in [5.41, 5.74) is 2.55. The van der Waals surface area contributed by atoms with Gasteiger partial charge in [0.05, 0.1) is 0 Å². The number of hydrogen-bond donors (Lipinski definition) is 0. The molecule has 1 amide bonds. The molecule has 0 N–H and O–H groups in total. The Balaban J connectivity index is 2.46. The number of carbonyl (C=O) groups is 1. The molecule has 0 aromatic heterocycles. The third-order valence-corrected chi connectivity index (χ3v) is 3.70. The van der Waals surface area contributed by atoms with Gasteiger partial charge in [-0.3, -0.25) is 4.79 Å². The van der Waals surface area contributed by atoms with Crippen molar-refractivity contribution in [2.24, 2.45) is 0 Å². The Labute approximate surface area is 137 Å². The minimum atomic E-state index is 0.0344. The molecule has 0 heterocycles. The molecule has 4 nitrogen and oxygen atoms in total. The van der Waals surface area contributed by atoms with Crippen molar-refractivity contribution in [2.45, 2.75) is 13.8 Å². The standard InChI is InChI=1S/C19H23NO3/c1-4-20(5-2)19(21)17-12-11-16(23-14-22-3)13-18(17)15-9-7-6-8-10-15/h6-13H,4-5,14H2,1-3H3. The van der Waals surface area contributed by atoms with Crippen molar-refractivity contribution < 1.29 is 14.3 Å². The van der Waals surface area contributed by atoms with Crippen molar-refractivity contribution in [1.29, 1.82) is 0 Å². The molecule has 122 valence electrons. The van der Waals surface area contributed by atoms with Crippen molar-refractivity contribution in [3.8, 4) is 16.9 Å². The molecule has 0 aliphatic rings. The number of benzene rings is 2. The SMILES string of the molecule is CCN(CC)C(=O)c1ccc(OCOC)cc1-c1ccccc1. The molecule has 0 fully saturated rings. The lowest BCUT2D eigenvalue weighted by Gasteiger charge is -2.21. The highest BCUT2D eigenvalue weighted by atomic mass is 16.7. The van der Waals surface area contributed by atoms with Crippen molar-refractivity contribution in [2.75, 3.05) is 27.0 Å². The van der Waals surface area contributed by atoms with Gasteiger partial charge in [0.15, 0.2) is 6.79 Å². The molecule has 23 heavy (non-hydrogen) atoms. The first-order chi connectivity index (χ1) is 11.2. The number of carbonyl (C=O) groups excluding carboxylic acids is 1. The zero-order valence-corrected chi connectivity index (χ0v) is 13.9. The van der Waals surface area contributed by atoms with E-state index in [0.717, 1.165) is 11.1 Å². The van der Waals surface area contributed by atoms with Gasteiger partial charge in [-0.2, -0.15) is 0 Å². The highest BCUT2D eigenvalue weighted by Crippen LogP contribution is 2.29. The molecule has 4 heteroatoms. The summed E-state index contributed by atoms with van der Waals surface area (Å²) in [6.45, 7) is 5.52. The molecule has 0 atom stereocenters. The van der Waals surface area contributed by atoms with Crippen LogP contribution in [0.2, 0.25) is 0 Å². The molecule has 0 aliphatic carbocycles. The molecule has 0 unspecified atom stereocenters. The molecule has 0 radical (unpaired) electrons. The Kier molecular flexibility index (Phi) is 6.18. The van der Waals surface area contributed by atoms with Crippen molar-refractivity contribution in [1.82, 2.24) is 4.90 Å². The molecular formula is C19H23NO3. The number of hydrogen-bond acceptors (Lipinski definition) is 3. The van der Waals surface area contributed by atoms with E-state index in [1.165, 1.54) is 0 Å². The monoisotopic (exact) mass is 313 g/mol. The van der Waals surface area contributed by atoms with Crippen LogP contribution in [-0.4, -0.2) is 37.8 Å². The number of amides is 1. The predicted octanol–water partition coefficient (Wildman–Crippen LogP) is 3.82. The normalized spacial score (nSPS) is 10.4. The van der Waals surface area contributed by atoms with Gasteiger partial charge in [-0.25, -0.2) is 0 Å². The average molecular weight is 313 g/mol. The fourth-order valence-corrected chi connectivity index (χ4v) is 2.46. The zero-order valence-electron chi connectivity index (χ0n) is 13.9. The smallest absolute Gasteiger partial charge is 0.254 e. The summed E-state index contributed by atoms with van der Waals surface area (Å²) < 4.78 is 10.5. The van der Waals surface area contributed by atoms with Gasteiger partial charge in [0.2, 0.25) is 0 Å². The highest BCUT2D eigenvalue weighted by molar-refractivity contribution is 6.01. The summed E-state index contributed by atoms with van der Waals surface area (Å²) in [5, 5.41) is 0. The van der Waals surface area contributed by atoms with Gasteiger partial charge in [0.1, 0.15) is 5.75 Å². The van der Waals surface area contributed by atoms with Gasteiger partial charge in [0, 0.05) is 25.8 Å². The lowest BCUT2D eigenvalue weighted by atomic mass is 9.98. The third kappa shape index (κ3) is 4.11. The van der Waals surface area contributed by atoms with Gasteiger partial charge >= 0.3 is 0 Å². The largest absolute Gasteiger partial charge is 0.468 e. The second-order valence-electron chi connectivity index (χ2n) is 5.10. The van der Waals surface area contributed by atoms with E-state index in [0.29, 0.717) is 24.4 Å². The number of ether oxygens (including phenoxy) is 2. The fourth-order valence-electron chi connectivity index (χ4n) is 2.46. The van der Waals surface area contributed by atoms with Crippen LogP contribution in [0.1, 0.15) is 24.2 Å². The van der Waals surface area contributed by atoms with Crippen LogP contribution in [0.15, 0.2) is 48.5 Å². The molecule has 2 aromatic carbocycles. The second kappa shape index (κ2) is 8.34. The number of nitrogens with zero attached hydrogens (tertiary/aromatic N) is 1. The summed E-state index contributed by atoms with van der Waals surface area (Å²) in [7, 11) is 1.58. The summed E-state index contributed by atoms with van der Waals surface area (Å²) in [6, 6.07) is 15.4. The maximum atomic E-state index is 12.8. The first-order valence-corrected chi connectivity index (χ1v) is 7.81. The van der Waals surface area contributed by atoms with E-state index in [1.807, 2.05) is 67.3 Å². The van der Waals surface area contributed by atoms with E-state index in [4.69, 9.17) is 9.47 Å². The topological polar surface area (TPSA) is 38.8 Å². The predicted molar refractivity (Wildman–Crippen MR) is 91.6 cm³/mol. The molecule has 0 spiro atoms. The molecule has 0 saturated carbocycles. The van der Waals surface area contributed by atoms with Gasteiger partial charge in [0.25, 0.3) is 5.91 Å². The lowest BCUT2D eigenvalue weighted by Crippen LogP contribution is -2.30. The molecule has 2 rings (SSSR count). The van der Waals surface area contributed by atoms with Crippen LogP contribution in [0, 0.1) is 0 Å². The van der Waals surface area contributed by atoms with E-state index >= 15 is 0 Å². The Morgan fingerprint density at radius 1 is 1.04 bits per heavy atom. The van der Waals surface area contributed by atoms with E-state index in [1.54, 1.807) is 7.11 Å². The summed E-state index contributed by atoms with van der Waals surface area (Å²) in [5.74, 6) is 0.717. The van der Waals surface area contributed by atoms with Crippen LogP contribution in [-0.2, 0) is 4.74 Å². The van der Waals surface area contributed by atoms with Gasteiger partial charge in [-0.05, 0) is 43.2 Å². The van der Waals surface area contributed by atoms with Crippen molar-refractivity contribution >= 4 is 5.91 Å². The van der Waals surface area contributed by atoms with Crippen LogP contribution in [0.25, 0.3) is 11.1 Å². The molecule has 0 saturated heterocycles. The fraction of sp³-hybridized carbons (Fsp3) is 0.316. The highest BCUT2D eigenvalue weighted by Gasteiger charge is 2.18. The third-order valence-electron chi connectivity index (χ3n) is 3.70. The Morgan fingerprint density at radius 2 is 1.74 bits per heavy atom. The average Bonchev–Trinajstić information content (AvgIpc) is 2.61. The molecule has 0 aliphatic heterocycles. The van der Waals surface area contributed by atoms with Crippen molar-refractivity contribution in [3.05, 3.63) is 54.1 Å². The van der Waals surface area contributed by atoms with Gasteiger partial charge < -0.3 is 14.4 Å². The van der Waals surface area contributed by atoms with Gasteiger partial charge in [-0.15, -0.1) is 0 Å². The zero-order chi connectivity index (χ0) is 16.7. The van der Waals surface area contributed by atoms with E-state index in [2.05, 4.69) is 0 Å². The quantitative estimate of drug-likeness (QED) is 0.729.